The Morgan fingerprint density at radius 3 is 2.50 bits per heavy atom. The first-order valence-electron chi connectivity index (χ1n) is 4.25. The van der Waals surface area contributed by atoms with Crippen molar-refractivity contribution in [3.05, 3.63) is 11.9 Å². The Balaban J connectivity index is 2.90. The van der Waals surface area contributed by atoms with Crippen molar-refractivity contribution in [2.24, 2.45) is 7.05 Å². The van der Waals surface area contributed by atoms with Crippen LogP contribution in [-0.2, 0) is 11.8 Å². The maximum Gasteiger partial charge on any atom is 0.361 e. The van der Waals surface area contributed by atoms with E-state index >= 15 is 0 Å². The van der Waals surface area contributed by atoms with E-state index in [-0.39, 0.29) is 11.4 Å². The van der Waals surface area contributed by atoms with Crippen molar-refractivity contribution in [1.82, 2.24) is 9.78 Å². The van der Waals surface area contributed by atoms with Gasteiger partial charge in [0.25, 0.3) is 0 Å². The third kappa shape index (κ3) is 2.25. The van der Waals surface area contributed by atoms with Gasteiger partial charge < -0.3 is 9.84 Å². The number of carbonyl (C=O) groups is 1. The third-order valence-electron chi connectivity index (χ3n) is 1.51. The molecule has 1 aromatic rings. The molecule has 14 heavy (non-hydrogen) atoms. The number of aromatic hydroxyl groups is 1. The molecule has 5 nitrogen and oxygen atoms in total. The Bertz CT molecular complexity index is 330. The molecule has 5 heteroatoms. The predicted octanol–water partition coefficient (Wildman–Crippen LogP) is 1.08. The molecule has 78 valence electrons. The summed E-state index contributed by atoms with van der Waals surface area (Å²) in [5.41, 5.74) is -0.506. The fourth-order valence-electron chi connectivity index (χ4n) is 0.989. The Morgan fingerprint density at radius 1 is 1.57 bits per heavy atom. The highest BCUT2D eigenvalue weighted by Gasteiger charge is 2.23. The van der Waals surface area contributed by atoms with E-state index in [4.69, 9.17) is 4.74 Å². The highest BCUT2D eigenvalue weighted by Crippen LogP contribution is 2.18. The van der Waals surface area contributed by atoms with Gasteiger partial charge in [-0.25, -0.2) is 4.79 Å². The molecule has 0 spiro atoms. The normalized spacial score (nSPS) is 11.4. The Labute approximate surface area is 82.3 Å². The molecule has 0 saturated carbocycles. The van der Waals surface area contributed by atoms with E-state index < -0.39 is 11.6 Å². The number of ether oxygens (including phenoxy) is 1. The zero-order valence-electron chi connectivity index (χ0n) is 8.74. The number of hydrogen-bond acceptors (Lipinski definition) is 4. The van der Waals surface area contributed by atoms with Crippen molar-refractivity contribution in [1.29, 1.82) is 0 Å². The second-order valence-corrected chi connectivity index (χ2v) is 4.00. The average molecular weight is 198 g/mol. The van der Waals surface area contributed by atoms with E-state index in [0.29, 0.717) is 0 Å². The Morgan fingerprint density at radius 2 is 2.14 bits per heavy atom. The van der Waals surface area contributed by atoms with Gasteiger partial charge in [0.15, 0.2) is 11.4 Å². The topological polar surface area (TPSA) is 64.3 Å². The summed E-state index contributed by atoms with van der Waals surface area (Å²) in [7, 11) is 1.57. The van der Waals surface area contributed by atoms with Crippen LogP contribution in [0.15, 0.2) is 6.20 Å². The van der Waals surface area contributed by atoms with Crippen LogP contribution in [-0.4, -0.2) is 26.5 Å². The summed E-state index contributed by atoms with van der Waals surface area (Å²) in [5.74, 6) is -0.739. The van der Waals surface area contributed by atoms with E-state index in [0.717, 1.165) is 0 Å². The van der Waals surface area contributed by atoms with Crippen LogP contribution in [0.4, 0.5) is 0 Å². The van der Waals surface area contributed by atoms with Crippen LogP contribution in [0.5, 0.6) is 5.75 Å². The summed E-state index contributed by atoms with van der Waals surface area (Å²) in [5, 5.41) is 13.0. The summed E-state index contributed by atoms with van der Waals surface area (Å²) < 4.78 is 6.37. The highest BCUT2D eigenvalue weighted by atomic mass is 16.6. The van der Waals surface area contributed by atoms with Crippen LogP contribution in [0.1, 0.15) is 31.3 Å². The van der Waals surface area contributed by atoms with Crippen LogP contribution >= 0.6 is 0 Å². The summed E-state index contributed by atoms with van der Waals surface area (Å²) in [6, 6.07) is 0. The van der Waals surface area contributed by atoms with E-state index in [2.05, 4.69) is 5.10 Å². The minimum absolute atomic E-state index is 0.0694. The zero-order chi connectivity index (χ0) is 10.9. The number of aromatic nitrogens is 2. The summed E-state index contributed by atoms with van der Waals surface area (Å²) in [6.45, 7) is 5.29. The lowest BCUT2D eigenvalue weighted by Crippen LogP contribution is -2.25. The van der Waals surface area contributed by atoms with Crippen LogP contribution in [0.25, 0.3) is 0 Å². The fourth-order valence-corrected chi connectivity index (χ4v) is 0.989. The molecule has 0 atom stereocenters. The molecule has 1 heterocycles. The zero-order valence-corrected chi connectivity index (χ0v) is 8.74. The molecule has 1 rings (SSSR count). The van der Waals surface area contributed by atoms with Crippen LogP contribution < -0.4 is 0 Å². The van der Waals surface area contributed by atoms with E-state index in [1.165, 1.54) is 10.9 Å². The lowest BCUT2D eigenvalue weighted by Gasteiger charge is -2.19. The van der Waals surface area contributed by atoms with Crippen LogP contribution in [0.2, 0.25) is 0 Å². The minimum atomic E-state index is -0.576. The van der Waals surface area contributed by atoms with Gasteiger partial charge in [-0.3, -0.25) is 4.68 Å². The number of nitrogens with zero attached hydrogens (tertiary/aromatic N) is 2. The number of hydrogen-bond donors (Lipinski definition) is 1. The highest BCUT2D eigenvalue weighted by molar-refractivity contribution is 5.90. The van der Waals surface area contributed by atoms with Crippen molar-refractivity contribution in [3.63, 3.8) is 0 Å². The largest absolute Gasteiger partial charge is 0.504 e. The lowest BCUT2D eigenvalue weighted by molar-refractivity contribution is 0.00548. The molecular weight excluding hydrogens is 184 g/mol. The molecule has 0 aliphatic rings. The van der Waals surface area contributed by atoms with Gasteiger partial charge >= 0.3 is 5.97 Å². The molecule has 0 bridgehead atoms. The summed E-state index contributed by atoms with van der Waals surface area (Å²) in [6.07, 6.45) is 1.21. The lowest BCUT2D eigenvalue weighted by atomic mass is 10.2. The van der Waals surface area contributed by atoms with Crippen molar-refractivity contribution >= 4 is 5.97 Å². The molecule has 0 unspecified atom stereocenters. The SMILES string of the molecule is Cn1ncc(O)c1C(=O)OC(C)(C)C. The van der Waals surface area contributed by atoms with E-state index in [9.17, 15) is 9.90 Å². The third-order valence-corrected chi connectivity index (χ3v) is 1.51. The van der Waals surface area contributed by atoms with E-state index in [1.807, 2.05) is 0 Å². The van der Waals surface area contributed by atoms with Gasteiger partial charge in [0.2, 0.25) is 0 Å². The quantitative estimate of drug-likeness (QED) is 0.686. The maximum absolute atomic E-state index is 11.5. The van der Waals surface area contributed by atoms with Crippen LogP contribution in [0.3, 0.4) is 0 Å². The molecule has 1 aromatic heterocycles. The number of rotatable bonds is 1. The molecule has 0 aromatic carbocycles. The number of esters is 1. The number of carbonyl (C=O) groups excluding carboxylic acids is 1. The molecule has 0 amide bonds. The first-order chi connectivity index (χ1) is 6.31. The Hall–Kier alpha value is -1.52. The van der Waals surface area contributed by atoms with E-state index in [1.54, 1.807) is 27.8 Å². The first-order valence-corrected chi connectivity index (χ1v) is 4.25. The predicted molar refractivity (Wildman–Crippen MR) is 50.0 cm³/mol. The van der Waals surface area contributed by atoms with Gasteiger partial charge in [-0.15, -0.1) is 0 Å². The first kappa shape index (κ1) is 10.6. The molecule has 1 N–H and O–H groups in total. The standard InChI is InChI=1S/C9H14N2O3/c1-9(2,3)14-8(13)7-6(12)5-10-11(7)4/h5,12H,1-4H3. The minimum Gasteiger partial charge on any atom is -0.504 e. The van der Waals surface area contributed by atoms with Crippen molar-refractivity contribution < 1.29 is 14.6 Å². The molecule has 0 aliphatic carbocycles. The fraction of sp³-hybridized carbons (Fsp3) is 0.556. The molecule has 0 fully saturated rings. The Kier molecular flexibility index (Phi) is 2.51. The van der Waals surface area contributed by atoms with Gasteiger partial charge in [0.1, 0.15) is 5.60 Å². The molecular formula is C9H14N2O3. The molecule has 0 saturated heterocycles. The number of aryl methyl sites for hydroxylation is 1. The second-order valence-electron chi connectivity index (χ2n) is 4.00. The van der Waals surface area contributed by atoms with Gasteiger partial charge in [0, 0.05) is 7.05 Å². The van der Waals surface area contributed by atoms with Crippen LogP contribution in [0, 0.1) is 0 Å². The van der Waals surface area contributed by atoms with Crippen molar-refractivity contribution in [3.8, 4) is 5.75 Å². The monoisotopic (exact) mass is 198 g/mol. The van der Waals surface area contributed by atoms with Gasteiger partial charge in [0.05, 0.1) is 6.20 Å². The molecule has 0 radical (unpaired) electrons. The summed E-state index contributed by atoms with van der Waals surface area (Å²) in [4.78, 5) is 11.5. The maximum atomic E-state index is 11.5. The second kappa shape index (κ2) is 3.32. The van der Waals surface area contributed by atoms with Gasteiger partial charge in [-0.1, -0.05) is 0 Å². The van der Waals surface area contributed by atoms with Gasteiger partial charge in [-0.2, -0.15) is 5.10 Å². The van der Waals surface area contributed by atoms with Gasteiger partial charge in [-0.05, 0) is 20.8 Å². The smallest absolute Gasteiger partial charge is 0.361 e. The summed E-state index contributed by atoms with van der Waals surface area (Å²) >= 11 is 0. The molecule has 0 aliphatic heterocycles. The van der Waals surface area contributed by atoms with Crippen molar-refractivity contribution in [2.45, 2.75) is 26.4 Å². The van der Waals surface area contributed by atoms with Crippen molar-refractivity contribution in [2.75, 3.05) is 0 Å². The average Bonchev–Trinajstić information content (AvgIpc) is 2.27.